The number of anilines is 2. The van der Waals surface area contributed by atoms with Crippen LogP contribution in [0.4, 0.5) is 11.5 Å². The normalized spacial score (nSPS) is 15.0. The third-order valence-corrected chi connectivity index (χ3v) is 4.34. The molecular formula is C19H20N4O. The van der Waals surface area contributed by atoms with Crippen LogP contribution < -0.4 is 5.32 Å². The van der Waals surface area contributed by atoms with Crippen molar-refractivity contribution >= 4 is 22.4 Å². The molecule has 3 aromatic rings. The van der Waals surface area contributed by atoms with Crippen molar-refractivity contribution in [2.45, 2.75) is 19.4 Å². The first-order valence-electron chi connectivity index (χ1n) is 8.32. The van der Waals surface area contributed by atoms with Crippen LogP contribution >= 0.6 is 0 Å². The van der Waals surface area contributed by atoms with Crippen molar-refractivity contribution in [3.8, 4) is 5.75 Å². The lowest BCUT2D eigenvalue weighted by atomic mass is 10.2. The van der Waals surface area contributed by atoms with Crippen LogP contribution in [0.2, 0.25) is 0 Å². The number of aromatic hydroxyl groups is 1. The van der Waals surface area contributed by atoms with E-state index in [4.69, 9.17) is 9.97 Å². The molecule has 1 saturated heterocycles. The molecule has 2 heterocycles. The molecule has 122 valence electrons. The van der Waals surface area contributed by atoms with Crippen molar-refractivity contribution in [1.29, 1.82) is 0 Å². The second kappa shape index (κ2) is 6.45. The summed E-state index contributed by atoms with van der Waals surface area (Å²) in [4.78, 5) is 11.9. The lowest BCUT2D eigenvalue weighted by molar-refractivity contribution is 0.323. The zero-order valence-corrected chi connectivity index (χ0v) is 13.4. The number of likely N-dealkylation sites (tertiary alicyclic amines) is 1. The van der Waals surface area contributed by atoms with Crippen molar-refractivity contribution in [3.05, 3.63) is 54.4 Å². The van der Waals surface area contributed by atoms with Gasteiger partial charge in [-0.05, 0) is 62.3 Å². The number of phenolic OH excluding ortho intramolecular Hbond substituents is 1. The number of fused-ring (bicyclic) bond motifs is 1. The molecule has 0 aliphatic carbocycles. The van der Waals surface area contributed by atoms with E-state index < -0.39 is 0 Å². The minimum Gasteiger partial charge on any atom is -0.508 e. The third kappa shape index (κ3) is 3.16. The molecule has 5 nitrogen and oxygen atoms in total. The Morgan fingerprint density at radius 3 is 2.50 bits per heavy atom. The fraction of sp³-hybridized carbons (Fsp3) is 0.263. The first-order chi connectivity index (χ1) is 11.8. The smallest absolute Gasteiger partial charge is 0.145 e. The summed E-state index contributed by atoms with van der Waals surface area (Å²) < 4.78 is 0. The van der Waals surface area contributed by atoms with Crippen molar-refractivity contribution in [2.24, 2.45) is 0 Å². The van der Waals surface area contributed by atoms with Crippen molar-refractivity contribution in [1.82, 2.24) is 14.9 Å². The number of phenols is 1. The third-order valence-electron chi connectivity index (χ3n) is 4.34. The van der Waals surface area contributed by atoms with Gasteiger partial charge in [-0.25, -0.2) is 9.97 Å². The molecule has 24 heavy (non-hydrogen) atoms. The lowest BCUT2D eigenvalue weighted by Crippen LogP contribution is -2.20. The maximum Gasteiger partial charge on any atom is 0.145 e. The number of nitrogens with one attached hydrogen (secondary N) is 1. The van der Waals surface area contributed by atoms with Crippen LogP contribution in [0.3, 0.4) is 0 Å². The van der Waals surface area contributed by atoms with Gasteiger partial charge in [0.15, 0.2) is 0 Å². The van der Waals surface area contributed by atoms with Crippen LogP contribution in [-0.2, 0) is 6.54 Å². The zero-order valence-electron chi connectivity index (χ0n) is 13.4. The van der Waals surface area contributed by atoms with Gasteiger partial charge in [0.25, 0.3) is 0 Å². The summed E-state index contributed by atoms with van der Waals surface area (Å²) in [7, 11) is 0. The molecule has 0 saturated carbocycles. The van der Waals surface area contributed by atoms with Gasteiger partial charge < -0.3 is 10.4 Å². The van der Waals surface area contributed by atoms with Crippen LogP contribution in [0, 0.1) is 0 Å². The van der Waals surface area contributed by atoms with Crippen LogP contribution in [0.1, 0.15) is 18.7 Å². The highest BCUT2D eigenvalue weighted by molar-refractivity contribution is 5.90. The maximum absolute atomic E-state index is 9.44. The number of para-hydroxylation sites is 1. The number of hydrogen-bond donors (Lipinski definition) is 2. The van der Waals surface area contributed by atoms with Gasteiger partial charge in [-0.3, -0.25) is 4.90 Å². The molecule has 0 unspecified atom stereocenters. The van der Waals surface area contributed by atoms with Gasteiger partial charge in [-0.15, -0.1) is 0 Å². The van der Waals surface area contributed by atoms with Crippen molar-refractivity contribution in [2.75, 3.05) is 18.4 Å². The van der Waals surface area contributed by atoms with E-state index in [9.17, 15) is 5.11 Å². The maximum atomic E-state index is 9.44. The summed E-state index contributed by atoms with van der Waals surface area (Å²) in [5.74, 6) is 1.90. The number of nitrogens with zero attached hydrogens (tertiary/aromatic N) is 3. The summed E-state index contributed by atoms with van der Waals surface area (Å²) in [6, 6.07) is 15.0. The molecular weight excluding hydrogens is 300 g/mol. The monoisotopic (exact) mass is 320 g/mol. The van der Waals surface area contributed by atoms with E-state index in [0.717, 1.165) is 47.9 Å². The lowest BCUT2D eigenvalue weighted by Gasteiger charge is -2.15. The summed E-state index contributed by atoms with van der Waals surface area (Å²) in [5.41, 5.74) is 1.84. The first kappa shape index (κ1) is 14.9. The van der Waals surface area contributed by atoms with E-state index in [-0.39, 0.29) is 5.75 Å². The second-order valence-electron chi connectivity index (χ2n) is 6.16. The largest absolute Gasteiger partial charge is 0.508 e. The minimum absolute atomic E-state index is 0.253. The van der Waals surface area contributed by atoms with E-state index >= 15 is 0 Å². The molecule has 0 radical (unpaired) electrons. The molecule has 1 aromatic heterocycles. The molecule has 1 fully saturated rings. The summed E-state index contributed by atoms with van der Waals surface area (Å²) in [5, 5.41) is 13.8. The molecule has 4 rings (SSSR count). The highest BCUT2D eigenvalue weighted by Crippen LogP contribution is 2.25. The van der Waals surface area contributed by atoms with Crippen LogP contribution in [-0.4, -0.2) is 33.1 Å². The van der Waals surface area contributed by atoms with Crippen LogP contribution in [0.5, 0.6) is 5.75 Å². The van der Waals surface area contributed by atoms with Gasteiger partial charge in [-0.2, -0.15) is 0 Å². The molecule has 0 bridgehead atoms. The Bertz CT molecular complexity index is 842. The Hall–Kier alpha value is -2.66. The highest BCUT2D eigenvalue weighted by atomic mass is 16.3. The number of rotatable bonds is 4. The quantitative estimate of drug-likeness (QED) is 0.718. The Morgan fingerprint density at radius 1 is 0.958 bits per heavy atom. The molecule has 5 heteroatoms. The van der Waals surface area contributed by atoms with Crippen LogP contribution in [0.25, 0.3) is 10.9 Å². The average Bonchev–Trinajstić information content (AvgIpc) is 3.10. The van der Waals surface area contributed by atoms with Gasteiger partial charge in [0.2, 0.25) is 0 Å². The zero-order chi connectivity index (χ0) is 16.4. The minimum atomic E-state index is 0.253. The van der Waals surface area contributed by atoms with Gasteiger partial charge in [0.05, 0.1) is 12.1 Å². The van der Waals surface area contributed by atoms with E-state index in [2.05, 4.69) is 10.2 Å². The molecule has 1 aliphatic rings. The van der Waals surface area contributed by atoms with Crippen LogP contribution in [0.15, 0.2) is 48.5 Å². The summed E-state index contributed by atoms with van der Waals surface area (Å²) >= 11 is 0. The Labute approximate surface area is 141 Å². The number of aromatic nitrogens is 2. The number of benzene rings is 2. The van der Waals surface area contributed by atoms with E-state index in [1.165, 1.54) is 12.8 Å². The molecule has 2 aromatic carbocycles. The first-order valence-corrected chi connectivity index (χ1v) is 8.32. The second-order valence-corrected chi connectivity index (χ2v) is 6.16. The standard InChI is InChI=1S/C19H20N4O/c24-15-9-7-14(8-10-15)20-19-16-5-1-2-6-17(16)21-18(22-19)13-23-11-3-4-12-23/h1-2,5-10,24H,3-4,11-13H2,(H,20,21,22). The van der Waals surface area contributed by atoms with Gasteiger partial charge in [0.1, 0.15) is 17.4 Å². The van der Waals surface area contributed by atoms with Gasteiger partial charge in [0, 0.05) is 11.1 Å². The van der Waals surface area contributed by atoms with E-state index in [1.54, 1.807) is 12.1 Å². The van der Waals surface area contributed by atoms with Crippen molar-refractivity contribution < 1.29 is 5.11 Å². The topological polar surface area (TPSA) is 61.3 Å². The molecule has 2 N–H and O–H groups in total. The highest BCUT2D eigenvalue weighted by Gasteiger charge is 2.15. The fourth-order valence-electron chi connectivity index (χ4n) is 3.11. The molecule has 1 aliphatic heterocycles. The van der Waals surface area contributed by atoms with Gasteiger partial charge in [-0.1, -0.05) is 12.1 Å². The summed E-state index contributed by atoms with van der Waals surface area (Å²) in [6.07, 6.45) is 2.51. The fourth-order valence-corrected chi connectivity index (χ4v) is 3.11. The molecule has 0 amide bonds. The van der Waals surface area contributed by atoms with Gasteiger partial charge >= 0.3 is 0 Å². The average molecular weight is 320 g/mol. The van der Waals surface area contributed by atoms with E-state index in [0.29, 0.717) is 0 Å². The Morgan fingerprint density at radius 2 is 1.71 bits per heavy atom. The molecule has 0 atom stereocenters. The summed E-state index contributed by atoms with van der Waals surface area (Å²) in [6.45, 7) is 3.03. The van der Waals surface area contributed by atoms with E-state index in [1.807, 2.05) is 36.4 Å². The Kier molecular flexibility index (Phi) is 4.01. The Balaban J connectivity index is 1.69. The predicted molar refractivity (Wildman–Crippen MR) is 95.4 cm³/mol. The molecule has 0 spiro atoms. The number of hydrogen-bond acceptors (Lipinski definition) is 5. The van der Waals surface area contributed by atoms with Crippen molar-refractivity contribution in [3.63, 3.8) is 0 Å². The predicted octanol–water partition coefficient (Wildman–Crippen LogP) is 3.67. The SMILES string of the molecule is Oc1ccc(Nc2nc(CN3CCCC3)nc3ccccc23)cc1.